The van der Waals surface area contributed by atoms with Gasteiger partial charge in [0, 0.05) is 58.2 Å². The molecule has 2 aliphatic rings. The summed E-state index contributed by atoms with van der Waals surface area (Å²) < 4.78 is 3.32. The number of anilines is 2. The van der Waals surface area contributed by atoms with Gasteiger partial charge < -0.3 is 14.4 Å². The zero-order valence-electron chi connectivity index (χ0n) is 14.8. The van der Waals surface area contributed by atoms with Gasteiger partial charge in [0.2, 0.25) is 0 Å². The fourth-order valence-electron chi connectivity index (χ4n) is 4.18. The Morgan fingerprint density at radius 1 is 0.962 bits per heavy atom. The summed E-state index contributed by atoms with van der Waals surface area (Å²) in [6.45, 7) is 3.80. The van der Waals surface area contributed by atoms with E-state index in [-0.39, 0.29) is 5.56 Å². The van der Waals surface area contributed by atoms with E-state index >= 15 is 0 Å². The van der Waals surface area contributed by atoms with Crippen LogP contribution in [-0.2, 0) is 14.1 Å². The molecule has 9 heteroatoms. The maximum atomic E-state index is 11.5. The quantitative estimate of drug-likeness (QED) is 0.643. The molecule has 26 heavy (non-hydrogen) atoms. The van der Waals surface area contributed by atoms with Crippen molar-refractivity contribution in [2.75, 3.05) is 36.0 Å². The molecule has 2 saturated heterocycles. The predicted octanol–water partition coefficient (Wildman–Crippen LogP) is 0.0296. The summed E-state index contributed by atoms with van der Waals surface area (Å²) in [5.41, 5.74) is 1.65. The third-order valence-corrected chi connectivity index (χ3v) is 5.53. The molecular weight excluding hydrogens is 332 g/mol. The van der Waals surface area contributed by atoms with Crippen LogP contribution in [0.3, 0.4) is 0 Å². The van der Waals surface area contributed by atoms with Crippen molar-refractivity contribution in [3.63, 3.8) is 0 Å². The molecule has 5 rings (SSSR count). The largest absolute Gasteiger partial charge is 0.354 e. The van der Waals surface area contributed by atoms with Crippen molar-refractivity contribution >= 4 is 22.8 Å². The van der Waals surface area contributed by atoms with E-state index in [2.05, 4.69) is 29.9 Å². The third-order valence-electron chi connectivity index (χ3n) is 5.53. The molecule has 0 amide bonds. The van der Waals surface area contributed by atoms with E-state index in [1.807, 2.05) is 17.7 Å². The number of aromatic nitrogens is 6. The van der Waals surface area contributed by atoms with Crippen molar-refractivity contribution in [2.24, 2.45) is 25.9 Å². The lowest BCUT2D eigenvalue weighted by atomic mass is 10.0. The molecule has 0 aromatic carbocycles. The molecule has 2 atom stereocenters. The van der Waals surface area contributed by atoms with Crippen molar-refractivity contribution in [3.8, 4) is 0 Å². The maximum absolute atomic E-state index is 11.5. The van der Waals surface area contributed by atoms with Gasteiger partial charge in [-0.3, -0.25) is 4.79 Å². The number of aryl methyl sites for hydroxylation is 2. The number of nitrogens with zero attached hydrogens (tertiary/aromatic N) is 8. The van der Waals surface area contributed by atoms with Gasteiger partial charge in [-0.15, -0.1) is 0 Å². The van der Waals surface area contributed by atoms with Crippen LogP contribution in [0.5, 0.6) is 0 Å². The lowest BCUT2D eigenvalue weighted by Gasteiger charge is -2.23. The molecule has 9 nitrogen and oxygen atoms in total. The van der Waals surface area contributed by atoms with Gasteiger partial charge >= 0.3 is 0 Å². The molecule has 0 radical (unpaired) electrons. The zero-order valence-corrected chi connectivity index (χ0v) is 14.8. The molecule has 2 unspecified atom stereocenters. The van der Waals surface area contributed by atoms with E-state index in [0.717, 1.165) is 49.0 Å². The summed E-state index contributed by atoms with van der Waals surface area (Å²) in [6, 6.07) is 3.41. The molecular formula is C17H20N8O. The van der Waals surface area contributed by atoms with E-state index in [4.69, 9.17) is 0 Å². The molecule has 0 bridgehead atoms. The Morgan fingerprint density at radius 2 is 1.69 bits per heavy atom. The SMILES string of the molecule is Cn1nc(N2CC3CN(c4ncnc5c4ncn5C)CC3C2)ccc1=O. The van der Waals surface area contributed by atoms with Gasteiger partial charge in [-0.25, -0.2) is 19.6 Å². The third kappa shape index (κ3) is 2.27. The first-order chi connectivity index (χ1) is 12.6. The Hall–Kier alpha value is -2.97. The number of hydrogen-bond acceptors (Lipinski definition) is 7. The van der Waals surface area contributed by atoms with Gasteiger partial charge in [0.15, 0.2) is 17.0 Å². The molecule has 3 aromatic heterocycles. The van der Waals surface area contributed by atoms with Crippen LogP contribution in [0.1, 0.15) is 0 Å². The minimum atomic E-state index is -0.0811. The Kier molecular flexibility index (Phi) is 3.25. The van der Waals surface area contributed by atoms with Crippen LogP contribution in [-0.4, -0.2) is 55.5 Å². The van der Waals surface area contributed by atoms with E-state index in [1.165, 1.54) is 4.68 Å². The molecule has 0 spiro atoms. The highest BCUT2D eigenvalue weighted by molar-refractivity contribution is 5.83. The second kappa shape index (κ2) is 5.52. The molecule has 134 valence electrons. The van der Waals surface area contributed by atoms with Gasteiger partial charge in [0.05, 0.1) is 6.33 Å². The van der Waals surface area contributed by atoms with Crippen molar-refractivity contribution in [1.82, 2.24) is 29.3 Å². The molecule has 5 heterocycles. The summed E-state index contributed by atoms with van der Waals surface area (Å²) in [5.74, 6) is 2.92. The first kappa shape index (κ1) is 15.3. The highest BCUT2D eigenvalue weighted by atomic mass is 16.1. The van der Waals surface area contributed by atoms with Gasteiger partial charge in [0.1, 0.15) is 12.1 Å². The topological polar surface area (TPSA) is 85.0 Å². The highest BCUT2D eigenvalue weighted by Gasteiger charge is 2.41. The lowest BCUT2D eigenvalue weighted by Crippen LogP contribution is -2.31. The van der Waals surface area contributed by atoms with Crippen molar-refractivity contribution in [3.05, 3.63) is 35.1 Å². The predicted molar refractivity (Wildman–Crippen MR) is 97.2 cm³/mol. The summed E-state index contributed by atoms with van der Waals surface area (Å²) >= 11 is 0. The van der Waals surface area contributed by atoms with E-state index in [9.17, 15) is 4.79 Å². The zero-order chi connectivity index (χ0) is 17.8. The Morgan fingerprint density at radius 3 is 2.42 bits per heavy atom. The lowest BCUT2D eigenvalue weighted by molar-refractivity contribution is 0.533. The highest BCUT2D eigenvalue weighted by Crippen LogP contribution is 2.36. The minimum Gasteiger partial charge on any atom is -0.354 e. The Balaban J connectivity index is 1.37. The number of hydrogen-bond donors (Lipinski definition) is 0. The van der Waals surface area contributed by atoms with Gasteiger partial charge in [-0.05, 0) is 6.07 Å². The van der Waals surface area contributed by atoms with Crippen molar-refractivity contribution in [1.29, 1.82) is 0 Å². The second-order valence-electron chi connectivity index (χ2n) is 7.21. The van der Waals surface area contributed by atoms with Crippen molar-refractivity contribution in [2.45, 2.75) is 0 Å². The van der Waals surface area contributed by atoms with E-state index in [0.29, 0.717) is 11.8 Å². The smallest absolute Gasteiger partial charge is 0.266 e. The molecule has 2 fully saturated rings. The molecule has 3 aromatic rings. The maximum Gasteiger partial charge on any atom is 0.266 e. The monoisotopic (exact) mass is 352 g/mol. The van der Waals surface area contributed by atoms with Gasteiger partial charge in [-0.2, -0.15) is 5.10 Å². The first-order valence-corrected chi connectivity index (χ1v) is 8.76. The van der Waals surface area contributed by atoms with Crippen LogP contribution in [0.15, 0.2) is 29.6 Å². The minimum absolute atomic E-state index is 0.0811. The Labute approximate surface area is 149 Å². The fourth-order valence-corrected chi connectivity index (χ4v) is 4.18. The van der Waals surface area contributed by atoms with Crippen LogP contribution in [0, 0.1) is 11.8 Å². The standard InChI is InChI=1S/C17H20N8O/c1-22-10-20-15-16(22)18-9-19-17(15)25-7-11-5-24(6-12(11)8-25)13-3-4-14(26)23(2)21-13/h3-4,9-12H,5-8H2,1-2H3. The van der Waals surface area contributed by atoms with Crippen LogP contribution in [0.2, 0.25) is 0 Å². The van der Waals surface area contributed by atoms with Crippen LogP contribution >= 0.6 is 0 Å². The Bertz CT molecular complexity index is 1030. The normalized spacial score (nSPS) is 22.4. The summed E-state index contributed by atoms with van der Waals surface area (Å²) in [5, 5.41) is 4.39. The summed E-state index contributed by atoms with van der Waals surface area (Å²) in [6.07, 6.45) is 3.40. The second-order valence-corrected chi connectivity index (χ2v) is 7.21. The van der Waals surface area contributed by atoms with E-state index < -0.39 is 0 Å². The average Bonchev–Trinajstić information content (AvgIpc) is 3.30. The number of imidazole rings is 1. The van der Waals surface area contributed by atoms with Crippen LogP contribution < -0.4 is 15.4 Å². The summed E-state index contributed by atoms with van der Waals surface area (Å²) in [4.78, 5) is 29.5. The molecule has 0 N–H and O–H groups in total. The molecule has 0 saturated carbocycles. The fraction of sp³-hybridized carbons (Fsp3) is 0.471. The number of fused-ring (bicyclic) bond motifs is 2. The van der Waals surface area contributed by atoms with Crippen molar-refractivity contribution < 1.29 is 0 Å². The first-order valence-electron chi connectivity index (χ1n) is 8.76. The van der Waals surface area contributed by atoms with Crippen LogP contribution in [0.4, 0.5) is 11.6 Å². The number of rotatable bonds is 2. The van der Waals surface area contributed by atoms with Gasteiger partial charge in [-0.1, -0.05) is 0 Å². The van der Waals surface area contributed by atoms with E-state index in [1.54, 1.807) is 25.8 Å². The molecule has 2 aliphatic heterocycles. The van der Waals surface area contributed by atoms with Gasteiger partial charge in [0.25, 0.3) is 5.56 Å². The average molecular weight is 352 g/mol. The summed E-state index contributed by atoms with van der Waals surface area (Å²) in [7, 11) is 3.64. The van der Waals surface area contributed by atoms with Crippen LogP contribution in [0.25, 0.3) is 11.2 Å². The molecule has 0 aliphatic carbocycles.